The van der Waals surface area contributed by atoms with Gasteiger partial charge in [0.2, 0.25) is 12.6 Å². The number of carbonyl (C=O) groups is 4. The van der Waals surface area contributed by atoms with Crippen LogP contribution in [0.2, 0.25) is 0 Å². The normalized spacial score (nSPS) is 29.7. The number of fused-ring (bicyclic) bond motifs is 1. The van der Waals surface area contributed by atoms with Gasteiger partial charge in [-0.05, 0) is 76.0 Å². The zero-order chi connectivity index (χ0) is 25.7. The van der Waals surface area contributed by atoms with Gasteiger partial charge in [-0.25, -0.2) is 9.59 Å². The Morgan fingerprint density at radius 2 is 1.06 bits per heavy atom. The van der Waals surface area contributed by atoms with Crippen LogP contribution in [0.3, 0.4) is 0 Å². The van der Waals surface area contributed by atoms with Crippen molar-refractivity contribution in [1.29, 1.82) is 0 Å². The molecule has 4 saturated carbocycles. The smallest absolute Gasteiger partial charge is 0.431 e. The molecule has 10 nitrogen and oxygen atoms in total. The lowest BCUT2D eigenvalue weighted by Gasteiger charge is -2.23. The highest BCUT2D eigenvalue weighted by molar-refractivity contribution is 5.81. The molecule has 0 aromatic rings. The van der Waals surface area contributed by atoms with Crippen molar-refractivity contribution >= 4 is 24.2 Å². The number of esters is 2. The van der Waals surface area contributed by atoms with Crippen molar-refractivity contribution in [2.75, 3.05) is 0 Å². The molecule has 4 rings (SSSR count). The van der Waals surface area contributed by atoms with Gasteiger partial charge in [-0.3, -0.25) is 9.59 Å². The Bertz CT molecular complexity index is 801. The van der Waals surface area contributed by atoms with E-state index in [1.165, 1.54) is 13.8 Å². The standard InChI is InChI=1S/C26H38O10/c1-15(33-25(29)35-17-9-5-3-6-10-17)31-23(27)20-14-13-19-21(20)22(19)24(28)32-16(2)34-26(30)36-18-11-7-4-8-12-18/h15-22H,3-14H2,1-2H3/t15?,16?,19-,20-,21-,22+/m1/s1. The first-order valence-electron chi connectivity index (χ1n) is 13.5. The van der Waals surface area contributed by atoms with Crippen molar-refractivity contribution in [3.63, 3.8) is 0 Å². The zero-order valence-electron chi connectivity index (χ0n) is 21.2. The quantitative estimate of drug-likeness (QED) is 0.250. The van der Waals surface area contributed by atoms with Gasteiger partial charge in [0.1, 0.15) is 12.2 Å². The predicted octanol–water partition coefficient (Wildman–Crippen LogP) is 5.01. The van der Waals surface area contributed by atoms with Crippen LogP contribution >= 0.6 is 0 Å². The summed E-state index contributed by atoms with van der Waals surface area (Å²) in [7, 11) is 0. The van der Waals surface area contributed by atoms with E-state index in [0.29, 0.717) is 12.8 Å². The van der Waals surface area contributed by atoms with E-state index in [1.807, 2.05) is 0 Å². The highest BCUT2D eigenvalue weighted by Crippen LogP contribution is 2.61. The van der Waals surface area contributed by atoms with Gasteiger partial charge < -0.3 is 28.4 Å². The van der Waals surface area contributed by atoms with Crippen molar-refractivity contribution < 1.29 is 47.6 Å². The molecule has 2 unspecified atom stereocenters. The fourth-order valence-electron chi connectivity index (χ4n) is 6.00. The first kappa shape index (κ1) is 26.5. The van der Waals surface area contributed by atoms with Crippen LogP contribution < -0.4 is 0 Å². The molecule has 0 aromatic heterocycles. The van der Waals surface area contributed by atoms with Gasteiger partial charge in [-0.2, -0.15) is 0 Å². The number of hydrogen-bond donors (Lipinski definition) is 0. The maximum absolute atomic E-state index is 12.7. The number of rotatable bonds is 8. The molecule has 4 aliphatic carbocycles. The summed E-state index contributed by atoms with van der Waals surface area (Å²) < 4.78 is 31.4. The van der Waals surface area contributed by atoms with Gasteiger partial charge in [0.05, 0.1) is 11.8 Å². The molecule has 0 aromatic carbocycles. The Balaban J connectivity index is 1.16. The van der Waals surface area contributed by atoms with E-state index in [9.17, 15) is 19.2 Å². The molecule has 0 aliphatic heterocycles. The molecular weight excluding hydrogens is 472 g/mol. The first-order valence-corrected chi connectivity index (χ1v) is 13.5. The summed E-state index contributed by atoms with van der Waals surface area (Å²) >= 11 is 0. The lowest BCUT2D eigenvalue weighted by atomic mass is 9.98. The topological polar surface area (TPSA) is 124 Å². The minimum Gasteiger partial charge on any atom is -0.431 e. The lowest BCUT2D eigenvalue weighted by molar-refractivity contribution is -0.175. The van der Waals surface area contributed by atoms with Crippen LogP contribution in [0.4, 0.5) is 9.59 Å². The molecular formula is C26H38O10. The van der Waals surface area contributed by atoms with E-state index in [4.69, 9.17) is 28.4 Å². The Morgan fingerprint density at radius 1 is 0.583 bits per heavy atom. The van der Waals surface area contributed by atoms with E-state index in [2.05, 4.69) is 0 Å². The minimum absolute atomic E-state index is 0.0314. The molecule has 0 saturated heterocycles. The molecule has 6 atom stereocenters. The summed E-state index contributed by atoms with van der Waals surface area (Å²) in [6, 6.07) is 0. The SMILES string of the molecule is CC(OC(=O)OC1CCCCC1)OC(=O)[C@H]1[C@@H]2CC[C@@H](C(=O)OC(C)OC(=O)OC3CCCCC3)[C@@H]21. The third-order valence-electron chi connectivity index (χ3n) is 7.80. The third kappa shape index (κ3) is 7.03. The van der Waals surface area contributed by atoms with Crippen molar-refractivity contribution in [2.45, 2.75) is 116 Å². The van der Waals surface area contributed by atoms with E-state index >= 15 is 0 Å². The van der Waals surface area contributed by atoms with Crippen LogP contribution in [0.5, 0.6) is 0 Å². The second-order valence-electron chi connectivity index (χ2n) is 10.5. The van der Waals surface area contributed by atoms with E-state index in [-0.39, 0.29) is 24.0 Å². The van der Waals surface area contributed by atoms with E-state index in [0.717, 1.165) is 64.2 Å². The Morgan fingerprint density at radius 3 is 1.56 bits per heavy atom. The molecule has 4 fully saturated rings. The van der Waals surface area contributed by atoms with Crippen molar-refractivity contribution in [3.8, 4) is 0 Å². The molecule has 0 spiro atoms. The Kier molecular flexibility index (Phi) is 8.95. The summed E-state index contributed by atoms with van der Waals surface area (Å²) in [5.74, 6) is -2.07. The summed E-state index contributed by atoms with van der Waals surface area (Å²) in [6.45, 7) is 2.94. The largest absolute Gasteiger partial charge is 0.511 e. The summed E-state index contributed by atoms with van der Waals surface area (Å²) in [4.78, 5) is 49.3. The van der Waals surface area contributed by atoms with Gasteiger partial charge in [-0.1, -0.05) is 12.8 Å². The molecule has 0 amide bonds. The van der Waals surface area contributed by atoms with Gasteiger partial charge in [-0.15, -0.1) is 0 Å². The van der Waals surface area contributed by atoms with Gasteiger partial charge in [0.15, 0.2) is 0 Å². The van der Waals surface area contributed by atoms with E-state index < -0.39 is 48.7 Å². The second kappa shape index (κ2) is 12.1. The lowest BCUT2D eigenvalue weighted by Crippen LogP contribution is -2.30. The summed E-state index contributed by atoms with van der Waals surface area (Å²) in [6.07, 6.45) is 6.78. The van der Waals surface area contributed by atoms with Crippen molar-refractivity contribution in [2.24, 2.45) is 23.7 Å². The summed E-state index contributed by atoms with van der Waals surface area (Å²) in [5.41, 5.74) is 0. The first-order chi connectivity index (χ1) is 17.3. The Labute approximate surface area is 211 Å². The highest BCUT2D eigenvalue weighted by Gasteiger charge is 2.64. The number of hydrogen-bond acceptors (Lipinski definition) is 10. The average Bonchev–Trinajstić information content (AvgIpc) is 3.38. The molecule has 10 heteroatoms. The summed E-state index contributed by atoms with van der Waals surface area (Å²) in [5, 5.41) is 0. The minimum atomic E-state index is -1.08. The van der Waals surface area contributed by atoms with Crippen molar-refractivity contribution in [1.82, 2.24) is 0 Å². The van der Waals surface area contributed by atoms with Crippen molar-refractivity contribution in [3.05, 3.63) is 0 Å². The fourth-order valence-corrected chi connectivity index (χ4v) is 6.00. The highest BCUT2D eigenvalue weighted by atomic mass is 16.8. The zero-order valence-corrected chi connectivity index (χ0v) is 21.2. The van der Waals surface area contributed by atoms with Crippen LogP contribution in [0.25, 0.3) is 0 Å². The molecule has 0 radical (unpaired) electrons. The average molecular weight is 511 g/mol. The molecule has 36 heavy (non-hydrogen) atoms. The van der Waals surface area contributed by atoms with Crippen LogP contribution in [0, 0.1) is 23.7 Å². The molecule has 0 N–H and O–H groups in total. The van der Waals surface area contributed by atoms with Gasteiger partial charge in [0.25, 0.3) is 0 Å². The third-order valence-corrected chi connectivity index (χ3v) is 7.80. The van der Waals surface area contributed by atoms with Gasteiger partial charge >= 0.3 is 24.2 Å². The van der Waals surface area contributed by atoms with Crippen LogP contribution in [0.1, 0.15) is 90.9 Å². The second-order valence-corrected chi connectivity index (χ2v) is 10.5. The maximum atomic E-state index is 12.7. The molecule has 0 bridgehead atoms. The number of carbonyl (C=O) groups excluding carboxylic acids is 4. The van der Waals surface area contributed by atoms with Crippen LogP contribution in [-0.2, 0) is 38.0 Å². The monoisotopic (exact) mass is 510 g/mol. The van der Waals surface area contributed by atoms with E-state index in [1.54, 1.807) is 0 Å². The van der Waals surface area contributed by atoms with Crippen LogP contribution in [0.15, 0.2) is 0 Å². The predicted molar refractivity (Wildman–Crippen MR) is 123 cm³/mol. The molecule has 4 aliphatic rings. The molecule has 0 heterocycles. The fraction of sp³-hybridized carbons (Fsp3) is 0.846. The number of ether oxygens (including phenoxy) is 6. The maximum Gasteiger partial charge on any atom is 0.511 e. The van der Waals surface area contributed by atoms with Crippen LogP contribution in [-0.4, -0.2) is 49.0 Å². The van der Waals surface area contributed by atoms with Gasteiger partial charge in [0, 0.05) is 13.8 Å². The Hall–Kier alpha value is -2.52. The molecule has 202 valence electrons.